The molecular weight excluding hydrogens is 453 g/mol. The summed E-state index contributed by atoms with van der Waals surface area (Å²) in [7, 11) is 0. The van der Waals surface area contributed by atoms with Crippen LogP contribution in [-0.2, 0) is 22.6 Å². The van der Waals surface area contributed by atoms with E-state index < -0.39 is 0 Å². The predicted octanol–water partition coefficient (Wildman–Crippen LogP) is 4.10. The van der Waals surface area contributed by atoms with E-state index in [-0.39, 0.29) is 30.1 Å². The number of ether oxygens (including phenoxy) is 2. The van der Waals surface area contributed by atoms with Crippen LogP contribution in [0.1, 0.15) is 51.2 Å². The highest BCUT2D eigenvalue weighted by atomic mass is 127. The fourth-order valence-electron chi connectivity index (χ4n) is 2.43. The second kappa shape index (κ2) is 14.2. The molecule has 0 aromatic heterocycles. The lowest BCUT2D eigenvalue weighted by Gasteiger charge is -2.12. The summed E-state index contributed by atoms with van der Waals surface area (Å²) in [5, 5.41) is 6.67. The molecule has 1 aromatic rings. The van der Waals surface area contributed by atoms with Crippen LogP contribution in [0.25, 0.3) is 0 Å². The second-order valence-corrected chi connectivity index (χ2v) is 7.17. The van der Waals surface area contributed by atoms with E-state index in [0.29, 0.717) is 13.2 Å². The van der Waals surface area contributed by atoms with Crippen LogP contribution in [0.5, 0.6) is 0 Å². The molecule has 0 unspecified atom stereocenters. The molecule has 1 aliphatic rings. The molecule has 1 saturated carbocycles. The summed E-state index contributed by atoms with van der Waals surface area (Å²) in [6, 6.07) is 8.48. The molecule has 0 spiro atoms. The molecule has 1 fully saturated rings. The van der Waals surface area contributed by atoms with Crippen molar-refractivity contribution in [3.63, 3.8) is 0 Å². The number of hydrogen-bond donors (Lipinski definition) is 2. The quantitative estimate of drug-likeness (QED) is 0.201. The summed E-state index contributed by atoms with van der Waals surface area (Å²) < 4.78 is 11.3. The number of hydrogen-bond acceptors (Lipinski definition) is 3. The SMILES string of the molecule is CCNC(=NCc1ccc(COC(C)C)cc1)NCCCOCC1CC1.I. The average Bonchev–Trinajstić information content (AvgIpc) is 3.46. The highest BCUT2D eigenvalue weighted by molar-refractivity contribution is 14.0. The Morgan fingerprint density at radius 1 is 1.15 bits per heavy atom. The fraction of sp³-hybridized carbons (Fsp3) is 0.667. The zero-order valence-electron chi connectivity index (χ0n) is 17.0. The predicted molar refractivity (Wildman–Crippen MR) is 123 cm³/mol. The first-order chi connectivity index (χ1) is 12.7. The first kappa shape index (κ1) is 24.2. The third-order valence-electron chi connectivity index (χ3n) is 4.18. The van der Waals surface area contributed by atoms with E-state index in [1.165, 1.54) is 24.0 Å². The van der Waals surface area contributed by atoms with E-state index in [1.54, 1.807) is 0 Å². The minimum Gasteiger partial charge on any atom is -0.381 e. The molecule has 2 N–H and O–H groups in total. The van der Waals surface area contributed by atoms with Crippen molar-refractivity contribution in [2.45, 2.75) is 59.3 Å². The second-order valence-electron chi connectivity index (χ2n) is 7.17. The maximum absolute atomic E-state index is 5.66. The van der Waals surface area contributed by atoms with E-state index in [4.69, 9.17) is 9.47 Å². The maximum atomic E-state index is 5.66. The smallest absolute Gasteiger partial charge is 0.191 e. The Bertz CT molecular complexity index is 531. The molecule has 0 bridgehead atoms. The fourth-order valence-corrected chi connectivity index (χ4v) is 2.43. The van der Waals surface area contributed by atoms with Gasteiger partial charge in [0.05, 0.1) is 19.3 Å². The molecule has 2 rings (SSSR count). The molecule has 27 heavy (non-hydrogen) atoms. The summed E-state index contributed by atoms with van der Waals surface area (Å²) in [6.45, 7) is 11.0. The van der Waals surface area contributed by atoms with Crippen LogP contribution < -0.4 is 10.6 Å². The van der Waals surface area contributed by atoms with Crippen molar-refractivity contribution in [1.82, 2.24) is 10.6 Å². The summed E-state index contributed by atoms with van der Waals surface area (Å²) in [5.74, 6) is 1.70. The van der Waals surface area contributed by atoms with Gasteiger partial charge < -0.3 is 20.1 Å². The van der Waals surface area contributed by atoms with E-state index >= 15 is 0 Å². The van der Waals surface area contributed by atoms with Crippen LogP contribution in [0.3, 0.4) is 0 Å². The zero-order chi connectivity index (χ0) is 18.6. The van der Waals surface area contributed by atoms with Crippen LogP contribution in [0, 0.1) is 5.92 Å². The molecule has 0 radical (unpaired) electrons. The molecule has 0 atom stereocenters. The molecular formula is C21H36IN3O2. The molecule has 1 aliphatic carbocycles. The average molecular weight is 489 g/mol. The van der Waals surface area contributed by atoms with Gasteiger partial charge in [-0.1, -0.05) is 24.3 Å². The van der Waals surface area contributed by atoms with Crippen molar-refractivity contribution in [2.75, 3.05) is 26.3 Å². The van der Waals surface area contributed by atoms with Crippen LogP contribution in [-0.4, -0.2) is 38.4 Å². The van der Waals surface area contributed by atoms with Crippen LogP contribution in [0.15, 0.2) is 29.3 Å². The van der Waals surface area contributed by atoms with E-state index in [1.807, 2.05) is 0 Å². The molecule has 0 heterocycles. The van der Waals surface area contributed by atoms with Gasteiger partial charge in [-0.3, -0.25) is 0 Å². The van der Waals surface area contributed by atoms with Gasteiger partial charge in [-0.2, -0.15) is 0 Å². The topological polar surface area (TPSA) is 54.9 Å². The lowest BCUT2D eigenvalue weighted by atomic mass is 10.1. The van der Waals surface area contributed by atoms with Crippen molar-refractivity contribution in [1.29, 1.82) is 0 Å². The van der Waals surface area contributed by atoms with Gasteiger partial charge in [-0.25, -0.2) is 4.99 Å². The van der Waals surface area contributed by atoms with Crippen molar-refractivity contribution >= 4 is 29.9 Å². The molecule has 154 valence electrons. The van der Waals surface area contributed by atoms with E-state index in [9.17, 15) is 0 Å². The Labute approximate surface area is 181 Å². The van der Waals surface area contributed by atoms with Crippen molar-refractivity contribution in [3.05, 3.63) is 35.4 Å². The minimum absolute atomic E-state index is 0. The molecule has 6 heteroatoms. The number of guanidine groups is 1. The summed E-state index contributed by atoms with van der Waals surface area (Å²) >= 11 is 0. The number of halogens is 1. The first-order valence-electron chi connectivity index (χ1n) is 9.96. The Kier molecular flexibility index (Phi) is 12.7. The maximum Gasteiger partial charge on any atom is 0.191 e. The molecule has 1 aromatic carbocycles. The van der Waals surface area contributed by atoms with Crippen LogP contribution in [0.4, 0.5) is 0 Å². The number of aliphatic imine (C=N–C) groups is 1. The lowest BCUT2D eigenvalue weighted by molar-refractivity contribution is 0.0657. The summed E-state index contributed by atoms with van der Waals surface area (Å²) in [6.07, 6.45) is 3.96. The Hall–Kier alpha value is -0.860. The molecule has 0 amide bonds. The lowest BCUT2D eigenvalue weighted by Crippen LogP contribution is -2.38. The van der Waals surface area contributed by atoms with Crippen LogP contribution in [0.2, 0.25) is 0 Å². The van der Waals surface area contributed by atoms with E-state index in [0.717, 1.165) is 44.6 Å². The first-order valence-corrected chi connectivity index (χ1v) is 9.96. The van der Waals surface area contributed by atoms with E-state index in [2.05, 4.69) is 60.7 Å². The van der Waals surface area contributed by atoms with Gasteiger partial charge in [0, 0.05) is 26.3 Å². The Balaban J connectivity index is 0.00000364. The number of rotatable bonds is 12. The zero-order valence-corrected chi connectivity index (χ0v) is 19.3. The third-order valence-corrected chi connectivity index (χ3v) is 4.18. The summed E-state index contributed by atoms with van der Waals surface area (Å²) in [4.78, 5) is 4.67. The highest BCUT2D eigenvalue weighted by Crippen LogP contribution is 2.28. The third kappa shape index (κ3) is 11.5. The molecule has 0 aliphatic heterocycles. The highest BCUT2D eigenvalue weighted by Gasteiger charge is 2.20. The molecule has 0 saturated heterocycles. The monoisotopic (exact) mass is 489 g/mol. The van der Waals surface area contributed by atoms with Gasteiger partial charge in [0.1, 0.15) is 0 Å². The minimum atomic E-state index is 0. The molecule has 5 nitrogen and oxygen atoms in total. The number of nitrogens with zero attached hydrogens (tertiary/aromatic N) is 1. The Morgan fingerprint density at radius 2 is 1.85 bits per heavy atom. The van der Waals surface area contributed by atoms with Gasteiger partial charge in [0.2, 0.25) is 0 Å². The van der Waals surface area contributed by atoms with Gasteiger partial charge in [0.15, 0.2) is 5.96 Å². The van der Waals surface area contributed by atoms with Crippen molar-refractivity contribution in [2.24, 2.45) is 10.9 Å². The summed E-state index contributed by atoms with van der Waals surface area (Å²) in [5.41, 5.74) is 2.39. The van der Waals surface area contributed by atoms with Gasteiger partial charge in [-0.05, 0) is 57.1 Å². The normalized spacial score (nSPS) is 14.1. The van der Waals surface area contributed by atoms with Gasteiger partial charge >= 0.3 is 0 Å². The van der Waals surface area contributed by atoms with Crippen molar-refractivity contribution < 1.29 is 9.47 Å². The number of nitrogens with one attached hydrogen (secondary N) is 2. The largest absolute Gasteiger partial charge is 0.381 e. The van der Waals surface area contributed by atoms with Crippen molar-refractivity contribution in [3.8, 4) is 0 Å². The Morgan fingerprint density at radius 3 is 2.48 bits per heavy atom. The van der Waals surface area contributed by atoms with Gasteiger partial charge in [0.25, 0.3) is 0 Å². The van der Waals surface area contributed by atoms with Gasteiger partial charge in [-0.15, -0.1) is 24.0 Å². The number of benzene rings is 1. The standard InChI is InChI=1S/C21H35N3O2.HI/c1-4-22-21(23-12-5-13-25-15-19-10-11-19)24-14-18-6-8-20(9-7-18)16-26-17(2)3;/h6-9,17,19H,4-5,10-16H2,1-3H3,(H2,22,23,24);1H. The van der Waals surface area contributed by atoms with Crippen LogP contribution >= 0.6 is 24.0 Å².